The lowest BCUT2D eigenvalue weighted by Crippen LogP contribution is -1.92. The van der Waals surface area contributed by atoms with Crippen molar-refractivity contribution in [3.63, 3.8) is 0 Å². The van der Waals surface area contributed by atoms with Gasteiger partial charge in [-0.15, -0.1) is 11.6 Å². The molecule has 0 radical (unpaired) electrons. The van der Waals surface area contributed by atoms with E-state index in [2.05, 4.69) is 0 Å². The maximum absolute atomic E-state index is 13.9. The number of halogens is 5. The van der Waals surface area contributed by atoms with Crippen molar-refractivity contribution in [1.82, 2.24) is 0 Å². The van der Waals surface area contributed by atoms with Gasteiger partial charge in [0.1, 0.15) is 5.82 Å². The first-order chi connectivity index (χ1) is 8.56. The molecular weight excluding hydrogens is 317 g/mol. The molecule has 0 bridgehead atoms. The first-order valence-corrected chi connectivity index (χ1v) is 6.70. The molecule has 94 valence electrons. The second kappa shape index (κ2) is 5.66. The van der Waals surface area contributed by atoms with E-state index < -0.39 is 5.82 Å². The Bertz CT molecular complexity index is 596. The normalized spacial score (nSPS) is 10.7. The van der Waals surface area contributed by atoms with Crippen LogP contribution < -0.4 is 0 Å². The third-order valence-electron chi connectivity index (χ3n) is 2.55. The fourth-order valence-corrected chi connectivity index (χ4v) is 2.55. The lowest BCUT2D eigenvalue weighted by atomic mass is 10.00. The predicted octanol–water partition coefficient (Wildman–Crippen LogP) is 6.19. The molecule has 0 unspecified atom stereocenters. The summed E-state index contributed by atoms with van der Waals surface area (Å²) in [6.07, 6.45) is 0. The van der Waals surface area contributed by atoms with Crippen LogP contribution >= 0.6 is 46.4 Å². The first kappa shape index (κ1) is 14.0. The molecule has 2 aromatic carbocycles. The van der Waals surface area contributed by atoms with Gasteiger partial charge in [-0.1, -0.05) is 53.0 Å². The Morgan fingerprint density at radius 1 is 0.944 bits per heavy atom. The number of hydrogen-bond acceptors (Lipinski definition) is 0. The van der Waals surface area contributed by atoms with E-state index in [0.717, 1.165) is 0 Å². The van der Waals surface area contributed by atoms with Crippen molar-refractivity contribution in [3.05, 3.63) is 56.8 Å². The van der Waals surface area contributed by atoms with Crippen LogP contribution in [0.15, 0.2) is 30.3 Å². The Hall–Kier alpha value is -0.470. The van der Waals surface area contributed by atoms with Crippen LogP contribution in [0.3, 0.4) is 0 Å². The third-order valence-corrected chi connectivity index (χ3v) is 4.13. The standard InChI is InChI=1S/C13H7Cl4F/c14-6-7-2-1-3-10(18)11(7)8-4-5-9(15)13(17)12(8)16/h1-5H,6H2. The topological polar surface area (TPSA) is 0 Å². The zero-order valence-corrected chi connectivity index (χ0v) is 12.0. The van der Waals surface area contributed by atoms with Crippen LogP contribution in [0.4, 0.5) is 4.39 Å². The molecule has 0 N–H and O–H groups in total. The minimum atomic E-state index is -0.395. The van der Waals surface area contributed by atoms with Gasteiger partial charge in [-0.3, -0.25) is 0 Å². The minimum Gasteiger partial charge on any atom is -0.206 e. The Kier molecular flexibility index (Phi) is 4.39. The molecule has 0 atom stereocenters. The summed E-state index contributed by atoms with van der Waals surface area (Å²) in [6.45, 7) is 0. The van der Waals surface area contributed by atoms with Crippen molar-refractivity contribution < 1.29 is 4.39 Å². The molecule has 0 fully saturated rings. The summed E-state index contributed by atoms with van der Waals surface area (Å²) in [7, 11) is 0. The molecule has 0 nitrogen and oxygen atoms in total. The average molecular weight is 324 g/mol. The van der Waals surface area contributed by atoms with Gasteiger partial charge in [-0.25, -0.2) is 4.39 Å². The molecule has 0 heterocycles. The van der Waals surface area contributed by atoms with Crippen molar-refractivity contribution >= 4 is 46.4 Å². The van der Waals surface area contributed by atoms with Crippen LogP contribution in [0.5, 0.6) is 0 Å². The highest BCUT2D eigenvalue weighted by molar-refractivity contribution is 6.49. The lowest BCUT2D eigenvalue weighted by Gasteiger charge is -2.12. The first-order valence-electron chi connectivity index (χ1n) is 5.03. The fraction of sp³-hybridized carbons (Fsp3) is 0.0769. The summed E-state index contributed by atoms with van der Waals surface area (Å²) in [6, 6.07) is 7.90. The smallest absolute Gasteiger partial charge is 0.131 e. The van der Waals surface area contributed by atoms with Crippen molar-refractivity contribution in [2.24, 2.45) is 0 Å². The van der Waals surface area contributed by atoms with Gasteiger partial charge in [0.05, 0.1) is 15.1 Å². The molecule has 0 aromatic heterocycles. The number of rotatable bonds is 2. The van der Waals surface area contributed by atoms with Gasteiger partial charge >= 0.3 is 0 Å². The van der Waals surface area contributed by atoms with E-state index in [1.54, 1.807) is 24.3 Å². The molecule has 0 saturated heterocycles. The summed E-state index contributed by atoms with van der Waals surface area (Å²) in [5.41, 5.74) is 1.49. The molecule has 0 aliphatic rings. The highest BCUT2D eigenvalue weighted by Gasteiger charge is 2.16. The molecule has 2 rings (SSSR count). The van der Waals surface area contributed by atoms with E-state index in [1.807, 2.05) is 0 Å². The Morgan fingerprint density at radius 2 is 1.67 bits per heavy atom. The van der Waals surface area contributed by atoms with Gasteiger partial charge in [0.15, 0.2) is 0 Å². The second-order valence-corrected chi connectivity index (χ2v) is 5.06. The van der Waals surface area contributed by atoms with E-state index in [-0.39, 0.29) is 15.9 Å². The Morgan fingerprint density at radius 3 is 2.33 bits per heavy atom. The average Bonchev–Trinajstić information content (AvgIpc) is 2.37. The van der Waals surface area contributed by atoms with Gasteiger partial charge in [0.25, 0.3) is 0 Å². The maximum atomic E-state index is 13.9. The molecular formula is C13H7Cl4F. The minimum absolute atomic E-state index is 0.184. The van der Waals surface area contributed by atoms with Crippen molar-refractivity contribution in [3.8, 4) is 11.1 Å². The van der Waals surface area contributed by atoms with E-state index in [1.165, 1.54) is 6.07 Å². The van der Waals surface area contributed by atoms with Gasteiger partial charge in [0.2, 0.25) is 0 Å². The lowest BCUT2D eigenvalue weighted by molar-refractivity contribution is 0.630. The summed E-state index contributed by atoms with van der Waals surface area (Å²) in [5, 5.41) is 0.759. The Balaban J connectivity index is 2.73. The largest absolute Gasteiger partial charge is 0.206 e. The summed E-state index contributed by atoms with van der Waals surface area (Å²) < 4.78 is 13.9. The third kappa shape index (κ3) is 2.46. The van der Waals surface area contributed by atoms with Gasteiger partial charge in [-0.05, 0) is 17.7 Å². The van der Waals surface area contributed by atoms with Crippen LogP contribution in [-0.4, -0.2) is 0 Å². The molecule has 0 spiro atoms. The molecule has 0 aliphatic carbocycles. The van der Waals surface area contributed by atoms with Crippen molar-refractivity contribution in [2.45, 2.75) is 5.88 Å². The van der Waals surface area contributed by atoms with Crippen LogP contribution in [0, 0.1) is 5.82 Å². The molecule has 0 saturated carbocycles. The predicted molar refractivity (Wildman–Crippen MR) is 76.4 cm³/mol. The molecule has 2 aromatic rings. The zero-order valence-electron chi connectivity index (χ0n) is 8.98. The maximum Gasteiger partial charge on any atom is 0.131 e. The van der Waals surface area contributed by atoms with E-state index >= 15 is 0 Å². The highest BCUT2D eigenvalue weighted by atomic mass is 35.5. The summed E-state index contributed by atoms with van der Waals surface area (Å²) in [4.78, 5) is 0. The second-order valence-electron chi connectivity index (χ2n) is 3.63. The summed E-state index contributed by atoms with van der Waals surface area (Å²) in [5.74, 6) is -0.211. The van der Waals surface area contributed by atoms with Crippen LogP contribution in [0.25, 0.3) is 11.1 Å². The van der Waals surface area contributed by atoms with Crippen LogP contribution in [0.2, 0.25) is 15.1 Å². The number of alkyl halides is 1. The van der Waals surface area contributed by atoms with Crippen molar-refractivity contribution in [2.75, 3.05) is 0 Å². The zero-order chi connectivity index (χ0) is 13.3. The van der Waals surface area contributed by atoms with Gasteiger partial charge in [-0.2, -0.15) is 0 Å². The van der Waals surface area contributed by atoms with Gasteiger partial charge in [0, 0.05) is 17.0 Å². The van der Waals surface area contributed by atoms with Gasteiger partial charge < -0.3 is 0 Å². The fourth-order valence-electron chi connectivity index (χ4n) is 1.70. The SMILES string of the molecule is Fc1cccc(CCl)c1-c1ccc(Cl)c(Cl)c1Cl. The summed E-state index contributed by atoms with van der Waals surface area (Å²) >= 11 is 23.7. The highest BCUT2D eigenvalue weighted by Crippen LogP contribution is 2.40. The quantitative estimate of drug-likeness (QED) is 0.456. The number of hydrogen-bond donors (Lipinski definition) is 0. The molecule has 0 aliphatic heterocycles. The monoisotopic (exact) mass is 322 g/mol. The van der Waals surface area contributed by atoms with Crippen LogP contribution in [0.1, 0.15) is 5.56 Å². The van der Waals surface area contributed by atoms with E-state index in [0.29, 0.717) is 21.7 Å². The van der Waals surface area contributed by atoms with E-state index in [9.17, 15) is 4.39 Å². The molecule has 18 heavy (non-hydrogen) atoms. The molecule has 0 amide bonds. The molecule has 5 heteroatoms. The Labute approximate surface area is 124 Å². The number of benzene rings is 2. The van der Waals surface area contributed by atoms with E-state index in [4.69, 9.17) is 46.4 Å². The van der Waals surface area contributed by atoms with Crippen LogP contribution in [-0.2, 0) is 5.88 Å². The van der Waals surface area contributed by atoms with Crippen molar-refractivity contribution in [1.29, 1.82) is 0 Å².